The first-order chi connectivity index (χ1) is 13.6. The van der Waals surface area contributed by atoms with Crippen molar-refractivity contribution in [2.45, 2.75) is 18.7 Å². The Bertz CT molecular complexity index is 1070. The van der Waals surface area contributed by atoms with Crippen molar-refractivity contribution in [1.82, 2.24) is 4.90 Å². The molecule has 0 aromatic heterocycles. The number of amides is 1. The van der Waals surface area contributed by atoms with Gasteiger partial charge in [-0.25, -0.2) is 0 Å². The lowest BCUT2D eigenvalue weighted by molar-refractivity contribution is -0.126. The van der Waals surface area contributed by atoms with Crippen LogP contribution in [0.2, 0.25) is 0 Å². The predicted molar refractivity (Wildman–Crippen MR) is 121 cm³/mol. The Hall–Kier alpha value is -2.44. The summed E-state index contributed by atoms with van der Waals surface area (Å²) in [7, 11) is 0. The van der Waals surface area contributed by atoms with Crippen molar-refractivity contribution in [3.05, 3.63) is 82.3 Å². The summed E-state index contributed by atoms with van der Waals surface area (Å²) in [4.78, 5) is 14.4. The lowest BCUT2D eigenvalue weighted by atomic mass is 10.0. The molecular weight excluding hydrogens is 434 g/mol. The molecule has 0 bridgehead atoms. The SMILES string of the molecule is C[C@@H]1S/C(=N/N=C\c2ccc(Br)cc2)N(Cc2cccc3ccccc23)C1=O. The number of fused-ring (bicyclic) bond motifs is 1. The highest BCUT2D eigenvalue weighted by molar-refractivity contribution is 9.10. The van der Waals surface area contributed by atoms with Crippen molar-refractivity contribution in [3.8, 4) is 0 Å². The van der Waals surface area contributed by atoms with Crippen LogP contribution in [-0.2, 0) is 11.3 Å². The minimum atomic E-state index is -0.156. The van der Waals surface area contributed by atoms with Crippen molar-refractivity contribution in [2.75, 3.05) is 0 Å². The molecule has 4 rings (SSSR count). The third-order valence-electron chi connectivity index (χ3n) is 4.56. The minimum Gasteiger partial charge on any atom is -0.284 e. The van der Waals surface area contributed by atoms with E-state index in [1.807, 2.05) is 49.4 Å². The fraction of sp³-hybridized carbons (Fsp3) is 0.136. The lowest BCUT2D eigenvalue weighted by Crippen LogP contribution is -2.30. The topological polar surface area (TPSA) is 45.0 Å². The van der Waals surface area contributed by atoms with Crippen molar-refractivity contribution in [3.63, 3.8) is 0 Å². The molecule has 0 N–H and O–H groups in total. The molecule has 0 spiro atoms. The zero-order valence-electron chi connectivity index (χ0n) is 15.2. The highest BCUT2D eigenvalue weighted by atomic mass is 79.9. The molecule has 3 aromatic rings. The van der Waals surface area contributed by atoms with Gasteiger partial charge in [-0.05, 0) is 41.0 Å². The maximum absolute atomic E-state index is 12.7. The normalized spacial score (nSPS) is 18.6. The highest BCUT2D eigenvalue weighted by Gasteiger charge is 2.35. The van der Waals surface area contributed by atoms with Crippen molar-refractivity contribution in [2.24, 2.45) is 10.2 Å². The predicted octanol–water partition coefficient (Wildman–Crippen LogP) is 5.46. The average Bonchev–Trinajstić information content (AvgIpc) is 2.97. The number of hydrogen-bond donors (Lipinski definition) is 0. The third-order valence-corrected chi connectivity index (χ3v) is 6.15. The number of carbonyl (C=O) groups is 1. The number of thioether (sulfide) groups is 1. The van der Waals surface area contributed by atoms with E-state index < -0.39 is 0 Å². The van der Waals surface area contributed by atoms with Gasteiger partial charge >= 0.3 is 0 Å². The molecule has 1 saturated heterocycles. The second kappa shape index (κ2) is 8.29. The van der Waals surface area contributed by atoms with Crippen LogP contribution in [0.1, 0.15) is 18.1 Å². The molecule has 1 heterocycles. The van der Waals surface area contributed by atoms with Crippen LogP contribution >= 0.6 is 27.7 Å². The fourth-order valence-electron chi connectivity index (χ4n) is 3.10. The molecule has 0 unspecified atom stereocenters. The Kier molecular flexibility index (Phi) is 5.59. The van der Waals surface area contributed by atoms with E-state index >= 15 is 0 Å². The first kappa shape index (κ1) is 18.9. The Labute approximate surface area is 176 Å². The molecule has 1 fully saturated rings. The first-order valence-corrected chi connectivity index (χ1v) is 10.6. The van der Waals surface area contributed by atoms with Gasteiger partial charge < -0.3 is 0 Å². The molecule has 0 aliphatic carbocycles. The summed E-state index contributed by atoms with van der Waals surface area (Å²) in [5, 5.41) is 11.4. The quantitative estimate of drug-likeness (QED) is 0.390. The molecule has 140 valence electrons. The molecule has 28 heavy (non-hydrogen) atoms. The fourth-order valence-corrected chi connectivity index (χ4v) is 4.29. The minimum absolute atomic E-state index is 0.0653. The van der Waals surface area contributed by atoms with Gasteiger partial charge in [0.2, 0.25) is 5.91 Å². The maximum atomic E-state index is 12.7. The Balaban J connectivity index is 1.60. The van der Waals surface area contributed by atoms with Crippen molar-refractivity contribution in [1.29, 1.82) is 0 Å². The summed E-state index contributed by atoms with van der Waals surface area (Å²) < 4.78 is 1.02. The van der Waals surface area contributed by atoms with Crippen LogP contribution in [0.5, 0.6) is 0 Å². The summed E-state index contributed by atoms with van der Waals surface area (Å²) >= 11 is 4.87. The second-order valence-corrected chi connectivity index (χ2v) is 8.73. The number of hydrogen-bond acceptors (Lipinski definition) is 4. The van der Waals surface area contributed by atoms with Gasteiger partial charge in [-0.2, -0.15) is 5.10 Å². The first-order valence-electron chi connectivity index (χ1n) is 8.93. The summed E-state index contributed by atoms with van der Waals surface area (Å²) in [6.45, 7) is 2.40. The van der Waals surface area contributed by atoms with E-state index in [9.17, 15) is 4.79 Å². The second-order valence-electron chi connectivity index (χ2n) is 6.50. The standard InChI is InChI=1S/C22H18BrN3OS/c1-15-21(27)26(14-18-7-4-6-17-5-2-3-8-20(17)18)22(28-15)25-24-13-16-9-11-19(23)12-10-16/h2-13,15H,14H2,1H3/b24-13-,25-22+/t15-/m0/s1. The van der Waals surface area contributed by atoms with Gasteiger partial charge in [-0.3, -0.25) is 9.69 Å². The molecule has 4 nitrogen and oxygen atoms in total. The number of rotatable bonds is 4. The van der Waals surface area contributed by atoms with Gasteiger partial charge in [-0.15, -0.1) is 5.10 Å². The van der Waals surface area contributed by atoms with Gasteiger partial charge in [0.15, 0.2) is 5.17 Å². The van der Waals surface area contributed by atoms with E-state index in [0.29, 0.717) is 11.7 Å². The van der Waals surface area contributed by atoms with E-state index in [1.165, 1.54) is 17.1 Å². The van der Waals surface area contributed by atoms with Crippen molar-refractivity contribution >= 4 is 55.8 Å². The monoisotopic (exact) mass is 451 g/mol. The van der Waals surface area contributed by atoms with E-state index in [4.69, 9.17) is 0 Å². The van der Waals surface area contributed by atoms with Gasteiger partial charge in [0.1, 0.15) is 0 Å². The zero-order chi connectivity index (χ0) is 19.5. The highest BCUT2D eigenvalue weighted by Crippen LogP contribution is 2.30. The molecule has 0 radical (unpaired) electrons. The number of nitrogens with zero attached hydrogens (tertiary/aromatic N) is 3. The molecule has 6 heteroatoms. The molecule has 1 aliphatic rings. The van der Waals surface area contributed by atoms with E-state index in [0.717, 1.165) is 21.0 Å². The van der Waals surface area contributed by atoms with Crippen LogP contribution in [0.4, 0.5) is 0 Å². The number of benzene rings is 3. The van der Waals surface area contributed by atoms with Gasteiger partial charge in [0.25, 0.3) is 0 Å². The summed E-state index contributed by atoms with van der Waals surface area (Å²) in [5.74, 6) is 0.0653. The largest absolute Gasteiger partial charge is 0.284 e. The van der Waals surface area contributed by atoms with Crippen LogP contribution in [-0.4, -0.2) is 27.4 Å². The Morgan fingerprint density at radius 1 is 1.07 bits per heavy atom. The average molecular weight is 452 g/mol. The van der Waals surface area contributed by atoms with Gasteiger partial charge in [0.05, 0.1) is 18.0 Å². The Morgan fingerprint density at radius 2 is 1.82 bits per heavy atom. The van der Waals surface area contributed by atoms with E-state index in [2.05, 4.69) is 50.4 Å². The summed E-state index contributed by atoms with van der Waals surface area (Å²) in [5.41, 5.74) is 2.06. The maximum Gasteiger partial charge on any atom is 0.242 e. The molecular formula is C22H18BrN3OS. The molecule has 1 atom stereocenters. The summed E-state index contributed by atoms with van der Waals surface area (Å²) in [6, 6.07) is 22.2. The van der Waals surface area contributed by atoms with Gasteiger partial charge in [0, 0.05) is 4.47 Å². The molecule has 0 saturated carbocycles. The summed E-state index contributed by atoms with van der Waals surface area (Å²) in [6.07, 6.45) is 1.70. The van der Waals surface area contributed by atoms with E-state index in [-0.39, 0.29) is 11.2 Å². The molecule has 1 amide bonds. The molecule has 3 aromatic carbocycles. The van der Waals surface area contributed by atoms with Crippen LogP contribution in [0.3, 0.4) is 0 Å². The smallest absolute Gasteiger partial charge is 0.242 e. The number of carbonyl (C=O) groups excluding carboxylic acids is 1. The Morgan fingerprint density at radius 3 is 2.64 bits per heavy atom. The lowest BCUT2D eigenvalue weighted by Gasteiger charge is -2.17. The zero-order valence-corrected chi connectivity index (χ0v) is 17.7. The van der Waals surface area contributed by atoms with Crippen LogP contribution in [0, 0.1) is 0 Å². The van der Waals surface area contributed by atoms with Crippen LogP contribution in [0.25, 0.3) is 10.8 Å². The third kappa shape index (κ3) is 4.03. The van der Waals surface area contributed by atoms with Gasteiger partial charge in [-0.1, -0.05) is 82.3 Å². The van der Waals surface area contributed by atoms with Crippen LogP contribution in [0.15, 0.2) is 81.4 Å². The number of halogens is 1. The number of amidine groups is 1. The molecule has 1 aliphatic heterocycles. The van der Waals surface area contributed by atoms with Crippen LogP contribution < -0.4 is 0 Å². The van der Waals surface area contributed by atoms with E-state index in [1.54, 1.807) is 11.1 Å². The van der Waals surface area contributed by atoms with Crippen molar-refractivity contribution < 1.29 is 4.79 Å².